The summed E-state index contributed by atoms with van der Waals surface area (Å²) in [5.41, 5.74) is 6.11. The lowest BCUT2D eigenvalue weighted by molar-refractivity contribution is 0.521. The van der Waals surface area contributed by atoms with Gasteiger partial charge in [0, 0.05) is 22.9 Å². The van der Waals surface area contributed by atoms with Crippen molar-refractivity contribution in [2.24, 2.45) is 4.99 Å². The molecule has 174 valence electrons. The summed E-state index contributed by atoms with van der Waals surface area (Å²) in [6.45, 7) is 17.2. The summed E-state index contributed by atoms with van der Waals surface area (Å²) in [5, 5.41) is 9.78. The number of aryl methyl sites for hydroxylation is 3. The van der Waals surface area contributed by atoms with Gasteiger partial charge in [-0.3, -0.25) is 9.56 Å². The van der Waals surface area contributed by atoms with Gasteiger partial charge >= 0.3 is 0 Å². The molecule has 0 spiro atoms. The van der Waals surface area contributed by atoms with Crippen LogP contribution in [0.5, 0.6) is 0 Å². The smallest absolute Gasteiger partial charge is 0.190 e. The van der Waals surface area contributed by atoms with Crippen molar-refractivity contribution in [1.82, 2.24) is 19.7 Å². The second-order valence-corrected chi connectivity index (χ2v) is 9.16. The van der Waals surface area contributed by atoms with Crippen molar-refractivity contribution >= 4 is 17.0 Å². The molecule has 0 N–H and O–H groups in total. The minimum absolute atomic E-state index is 0.532. The van der Waals surface area contributed by atoms with Crippen LogP contribution in [0.4, 0.5) is 0 Å². The van der Waals surface area contributed by atoms with E-state index in [-0.39, 0.29) is 0 Å². The fourth-order valence-corrected chi connectivity index (χ4v) is 4.83. The van der Waals surface area contributed by atoms with E-state index in [1.54, 1.807) is 30.7 Å². The van der Waals surface area contributed by atoms with Gasteiger partial charge in [-0.05, 0) is 37.8 Å². The van der Waals surface area contributed by atoms with E-state index in [9.17, 15) is 0 Å². The third kappa shape index (κ3) is 5.14. The second-order valence-electron chi connectivity index (χ2n) is 7.95. The topological polar surface area (TPSA) is 69.1 Å². The molecule has 0 aliphatic carbocycles. The fourth-order valence-electron chi connectivity index (χ4n) is 3.60. The van der Waals surface area contributed by atoms with Crippen LogP contribution in [0.1, 0.15) is 78.3 Å². The van der Waals surface area contributed by atoms with Crippen molar-refractivity contribution in [2.45, 2.75) is 67.9 Å². The molecule has 3 aromatic heterocycles. The molecule has 7 heteroatoms. The normalized spacial score (nSPS) is 12.0. The number of benzene rings is 1. The summed E-state index contributed by atoms with van der Waals surface area (Å²) in [7, 11) is 0. The van der Waals surface area contributed by atoms with Crippen molar-refractivity contribution in [1.29, 1.82) is 0 Å². The Hall–Kier alpha value is -3.06. The Morgan fingerprint density at radius 2 is 1.70 bits per heavy atom. The van der Waals surface area contributed by atoms with Crippen molar-refractivity contribution in [3.63, 3.8) is 0 Å². The highest BCUT2D eigenvalue weighted by Gasteiger charge is 2.26. The minimum Gasteiger partial charge on any atom is -0.449 e. The molecule has 0 atom stereocenters. The number of hydrogen-bond acceptors (Lipinski definition) is 6. The summed E-state index contributed by atoms with van der Waals surface area (Å²) in [5.74, 6) is 3.08. The lowest BCUT2D eigenvalue weighted by Crippen LogP contribution is -2.07. The molecule has 0 unspecified atom stereocenters. The zero-order valence-corrected chi connectivity index (χ0v) is 21.6. The molecule has 6 nitrogen and oxygen atoms in total. The maximum Gasteiger partial charge on any atom is 0.190 e. The van der Waals surface area contributed by atoms with Gasteiger partial charge in [0.05, 0.1) is 11.9 Å². The molecule has 0 fully saturated rings. The first-order chi connectivity index (χ1) is 15.9. The SMILES string of the molecule is CC.Cc1ncco1.Cc1sc2c(c1C)C(c1ccc(C(C)C)cc1)=NCc1nnc(C)n1-2. The van der Waals surface area contributed by atoms with Gasteiger partial charge in [0.2, 0.25) is 0 Å². The highest BCUT2D eigenvalue weighted by Crippen LogP contribution is 2.36. The number of thiophene rings is 1. The highest BCUT2D eigenvalue weighted by atomic mass is 32.1. The Bertz CT molecular complexity index is 1210. The third-order valence-corrected chi connectivity index (χ3v) is 6.68. The molecule has 1 aliphatic heterocycles. The predicted octanol–water partition coefficient (Wildman–Crippen LogP) is 6.74. The average Bonchev–Trinajstić information content (AvgIpc) is 3.48. The van der Waals surface area contributed by atoms with Crippen LogP contribution in [0.25, 0.3) is 5.00 Å². The Kier molecular flexibility index (Phi) is 7.97. The first-order valence-electron chi connectivity index (χ1n) is 11.4. The van der Waals surface area contributed by atoms with Crippen LogP contribution < -0.4 is 0 Å². The summed E-state index contributed by atoms with van der Waals surface area (Å²) in [4.78, 5) is 10.0. The number of fused-ring (bicyclic) bond motifs is 3. The largest absolute Gasteiger partial charge is 0.449 e. The van der Waals surface area contributed by atoms with Gasteiger partial charge in [0.15, 0.2) is 11.7 Å². The van der Waals surface area contributed by atoms with Crippen molar-refractivity contribution < 1.29 is 4.42 Å². The molecule has 1 aromatic carbocycles. The molecule has 0 amide bonds. The number of rotatable bonds is 2. The molecule has 0 radical (unpaired) electrons. The Morgan fingerprint density at radius 3 is 2.24 bits per heavy atom. The summed E-state index contributed by atoms with van der Waals surface area (Å²) < 4.78 is 6.89. The molecular formula is C26H33N5OS. The zero-order chi connectivity index (χ0) is 24.1. The van der Waals surface area contributed by atoms with Crippen LogP contribution in [0.3, 0.4) is 0 Å². The fraction of sp³-hybridized carbons (Fsp3) is 0.385. The van der Waals surface area contributed by atoms with E-state index in [1.807, 2.05) is 20.8 Å². The van der Waals surface area contributed by atoms with Crippen LogP contribution in [0, 0.1) is 27.7 Å². The first kappa shape index (κ1) is 24.6. The molecule has 33 heavy (non-hydrogen) atoms. The lowest BCUT2D eigenvalue weighted by Gasteiger charge is -2.11. The third-order valence-electron chi connectivity index (χ3n) is 5.48. The first-order valence-corrected chi connectivity index (χ1v) is 12.2. The number of hydrogen-bond donors (Lipinski definition) is 0. The molecule has 0 bridgehead atoms. The van der Waals surface area contributed by atoms with Gasteiger partial charge in [0.25, 0.3) is 0 Å². The number of aromatic nitrogens is 4. The van der Waals surface area contributed by atoms with Crippen molar-refractivity contribution in [3.05, 3.63) is 81.4 Å². The van der Waals surface area contributed by atoms with E-state index < -0.39 is 0 Å². The Labute approximate surface area is 200 Å². The zero-order valence-electron chi connectivity index (χ0n) is 20.8. The van der Waals surface area contributed by atoms with Gasteiger partial charge in [-0.2, -0.15) is 0 Å². The molecule has 4 aromatic rings. The Balaban J connectivity index is 0.000000329. The molecule has 4 heterocycles. The number of nitrogens with zero attached hydrogens (tertiary/aromatic N) is 5. The molecular weight excluding hydrogens is 430 g/mol. The minimum atomic E-state index is 0.532. The van der Waals surface area contributed by atoms with E-state index in [1.165, 1.54) is 32.1 Å². The van der Waals surface area contributed by atoms with E-state index in [0.29, 0.717) is 12.5 Å². The standard InChI is InChI=1S/C20H22N4S.C4H5NO.C2H6/c1-11(2)15-6-8-16(9-7-15)19-18-12(3)13(4)25-20(18)24-14(5)22-23-17(24)10-21-19;1-4-5-2-3-6-4;1-2/h6-9,11H,10H2,1-5H3;2-3H,1H3;1-2H3. The quantitative estimate of drug-likeness (QED) is 0.330. The monoisotopic (exact) mass is 463 g/mol. The number of oxazole rings is 1. The van der Waals surface area contributed by atoms with Gasteiger partial charge in [-0.1, -0.05) is 52.0 Å². The molecule has 5 rings (SSSR count). The highest BCUT2D eigenvalue weighted by molar-refractivity contribution is 7.15. The van der Waals surface area contributed by atoms with Crippen LogP contribution in [0.15, 0.2) is 46.1 Å². The van der Waals surface area contributed by atoms with Crippen LogP contribution in [-0.4, -0.2) is 25.5 Å². The molecule has 0 saturated carbocycles. The van der Waals surface area contributed by atoms with Crippen molar-refractivity contribution in [2.75, 3.05) is 0 Å². The van der Waals surface area contributed by atoms with Gasteiger partial charge in [0.1, 0.15) is 23.6 Å². The van der Waals surface area contributed by atoms with E-state index in [0.717, 1.165) is 23.3 Å². The Morgan fingerprint density at radius 1 is 1.00 bits per heavy atom. The van der Waals surface area contributed by atoms with Crippen LogP contribution in [0.2, 0.25) is 0 Å². The van der Waals surface area contributed by atoms with E-state index >= 15 is 0 Å². The van der Waals surface area contributed by atoms with Gasteiger partial charge in [-0.25, -0.2) is 4.98 Å². The van der Waals surface area contributed by atoms with E-state index in [4.69, 9.17) is 9.41 Å². The van der Waals surface area contributed by atoms with Crippen molar-refractivity contribution in [3.8, 4) is 5.00 Å². The predicted molar refractivity (Wildman–Crippen MR) is 136 cm³/mol. The van der Waals surface area contributed by atoms with E-state index in [2.05, 4.69) is 71.7 Å². The molecule has 0 saturated heterocycles. The average molecular weight is 464 g/mol. The maximum atomic E-state index is 4.94. The van der Waals surface area contributed by atoms with Crippen LogP contribution >= 0.6 is 11.3 Å². The van der Waals surface area contributed by atoms with Gasteiger partial charge in [-0.15, -0.1) is 21.5 Å². The molecule has 1 aliphatic rings. The summed E-state index contributed by atoms with van der Waals surface area (Å²) in [6, 6.07) is 8.83. The number of aliphatic imine (C=N–C) groups is 1. The van der Waals surface area contributed by atoms with Crippen LogP contribution in [-0.2, 0) is 6.54 Å². The lowest BCUT2D eigenvalue weighted by atomic mass is 9.96. The summed E-state index contributed by atoms with van der Waals surface area (Å²) in [6.07, 6.45) is 3.17. The summed E-state index contributed by atoms with van der Waals surface area (Å²) >= 11 is 1.80. The maximum absolute atomic E-state index is 4.94. The second kappa shape index (κ2) is 10.7. The van der Waals surface area contributed by atoms with Gasteiger partial charge < -0.3 is 4.42 Å².